The molecule has 8 nitrogen and oxygen atoms in total. The summed E-state index contributed by atoms with van der Waals surface area (Å²) in [5.41, 5.74) is 17.9. The fourth-order valence-corrected chi connectivity index (χ4v) is 2.08. The van der Waals surface area contributed by atoms with Crippen LogP contribution in [0.1, 0.15) is 11.3 Å². The SMILES string of the molecule is Cn1cnc(C2(N)N=C(N)Nc3nc(N)ccc32)c1. The van der Waals surface area contributed by atoms with Gasteiger partial charge in [-0.15, -0.1) is 0 Å². The summed E-state index contributed by atoms with van der Waals surface area (Å²) in [6.45, 7) is 0. The molecule has 3 rings (SSSR count). The summed E-state index contributed by atoms with van der Waals surface area (Å²) in [4.78, 5) is 12.7. The van der Waals surface area contributed by atoms with Crippen LogP contribution in [0.5, 0.6) is 0 Å². The van der Waals surface area contributed by atoms with E-state index < -0.39 is 5.66 Å². The van der Waals surface area contributed by atoms with E-state index >= 15 is 0 Å². The number of rotatable bonds is 1. The smallest absolute Gasteiger partial charge is 0.196 e. The number of guanidine groups is 1. The number of nitrogens with zero attached hydrogens (tertiary/aromatic N) is 4. The molecule has 0 bridgehead atoms. The molecule has 3 heterocycles. The summed E-state index contributed by atoms with van der Waals surface area (Å²) in [5.74, 6) is 1.06. The van der Waals surface area contributed by atoms with E-state index in [0.717, 1.165) is 0 Å². The van der Waals surface area contributed by atoms with E-state index in [1.54, 1.807) is 29.2 Å². The van der Waals surface area contributed by atoms with Crippen molar-refractivity contribution in [2.45, 2.75) is 5.66 Å². The minimum Gasteiger partial charge on any atom is -0.384 e. The standard InChI is InChI=1S/C11H14N8/c1-19-4-7(15-5-19)11(14)6-2-3-8(12)16-9(6)17-10(13)18-11/h2-5H,14H2,1H3,(H5,12,13,16,17,18). The zero-order valence-electron chi connectivity index (χ0n) is 10.3. The highest BCUT2D eigenvalue weighted by Crippen LogP contribution is 2.34. The molecule has 0 spiro atoms. The molecule has 0 saturated carbocycles. The predicted octanol–water partition coefficient (Wildman–Crippen LogP) is -0.703. The fraction of sp³-hybridized carbons (Fsp3) is 0.182. The monoisotopic (exact) mass is 258 g/mol. The third-order valence-electron chi connectivity index (χ3n) is 2.97. The predicted molar refractivity (Wildman–Crippen MR) is 72.1 cm³/mol. The van der Waals surface area contributed by atoms with E-state index in [1.165, 1.54) is 0 Å². The van der Waals surface area contributed by atoms with Crippen molar-refractivity contribution in [2.75, 3.05) is 11.1 Å². The van der Waals surface area contributed by atoms with Crippen molar-refractivity contribution in [1.82, 2.24) is 14.5 Å². The lowest BCUT2D eigenvalue weighted by atomic mass is 9.97. The Hall–Kier alpha value is -2.61. The van der Waals surface area contributed by atoms with Crippen molar-refractivity contribution in [3.63, 3.8) is 0 Å². The Morgan fingerprint density at radius 2 is 2.11 bits per heavy atom. The quantitative estimate of drug-likeness (QED) is 0.534. The number of hydrogen-bond donors (Lipinski definition) is 4. The van der Waals surface area contributed by atoms with Crippen molar-refractivity contribution in [1.29, 1.82) is 0 Å². The summed E-state index contributed by atoms with van der Waals surface area (Å²) >= 11 is 0. The Labute approximate surface area is 109 Å². The van der Waals surface area contributed by atoms with Crippen molar-refractivity contribution in [3.8, 4) is 0 Å². The average molecular weight is 258 g/mol. The number of aromatic nitrogens is 3. The van der Waals surface area contributed by atoms with Crippen LogP contribution in [-0.4, -0.2) is 20.5 Å². The van der Waals surface area contributed by atoms with Crippen LogP contribution in [0.3, 0.4) is 0 Å². The zero-order valence-corrected chi connectivity index (χ0v) is 10.3. The van der Waals surface area contributed by atoms with Gasteiger partial charge in [0.05, 0.1) is 6.33 Å². The number of pyridine rings is 1. The Kier molecular flexibility index (Phi) is 2.23. The summed E-state index contributed by atoms with van der Waals surface area (Å²) < 4.78 is 1.79. The van der Waals surface area contributed by atoms with Gasteiger partial charge in [-0.2, -0.15) is 0 Å². The van der Waals surface area contributed by atoms with Crippen molar-refractivity contribution >= 4 is 17.6 Å². The first-order valence-electron chi connectivity index (χ1n) is 5.66. The second-order valence-electron chi connectivity index (χ2n) is 4.45. The molecule has 0 aromatic carbocycles. The maximum absolute atomic E-state index is 6.38. The molecule has 0 fully saturated rings. The lowest BCUT2D eigenvalue weighted by molar-refractivity contribution is 0.548. The lowest BCUT2D eigenvalue weighted by Crippen LogP contribution is -2.44. The molecule has 1 unspecified atom stereocenters. The topological polar surface area (TPSA) is 133 Å². The molecule has 2 aromatic heterocycles. The number of aryl methyl sites for hydroxylation is 1. The third kappa shape index (κ3) is 1.69. The number of imidazole rings is 1. The second kappa shape index (κ2) is 3.69. The molecule has 98 valence electrons. The van der Waals surface area contributed by atoms with Gasteiger partial charge in [-0.05, 0) is 12.1 Å². The van der Waals surface area contributed by atoms with Gasteiger partial charge < -0.3 is 21.4 Å². The summed E-state index contributed by atoms with van der Waals surface area (Å²) in [7, 11) is 1.86. The molecule has 8 heteroatoms. The lowest BCUT2D eigenvalue weighted by Gasteiger charge is -2.30. The van der Waals surface area contributed by atoms with Gasteiger partial charge in [-0.25, -0.2) is 15.0 Å². The van der Waals surface area contributed by atoms with E-state index in [2.05, 4.69) is 20.3 Å². The molecule has 2 aromatic rings. The van der Waals surface area contributed by atoms with Gasteiger partial charge >= 0.3 is 0 Å². The number of aliphatic imine (C=N–C) groups is 1. The molecule has 19 heavy (non-hydrogen) atoms. The van der Waals surface area contributed by atoms with Crippen LogP contribution in [0.15, 0.2) is 29.6 Å². The van der Waals surface area contributed by atoms with E-state index in [0.29, 0.717) is 22.9 Å². The van der Waals surface area contributed by atoms with Crippen LogP contribution in [0.4, 0.5) is 11.6 Å². The first-order valence-corrected chi connectivity index (χ1v) is 5.66. The molecule has 0 radical (unpaired) electrons. The van der Waals surface area contributed by atoms with Crippen LogP contribution in [0.2, 0.25) is 0 Å². The van der Waals surface area contributed by atoms with E-state index in [-0.39, 0.29) is 5.96 Å². The Bertz CT molecular complexity index is 673. The molecule has 1 atom stereocenters. The highest BCUT2D eigenvalue weighted by molar-refractivity contribution is 5.95. The summed E-state index contributed by atoms with van der Waals surface area (Å²) in [6.07, 6.45) is 3.45. The summed E-state index contributed by atoms with van der Waals surface area (Å²) in [5, 5.41) is 2.85. The highest BCUT2D eigenvalue weighted by atomic mass is 15.2. The summed E-state index contributed by atoms with van der Waals surface area (Å²) in [6, 6.07) is 3.44. The number of nitrogen functional groups attached to an aromatic ring is 1. The van der Waals surface area contributed by atoms with Gasteiger partial charge in [0.25, 0.3) is 0 Å². The Balaban J connectivity index is 2.22. The Morgan fingerprint density at radius 3 is 2.79 bits per heavy atom. The van der Waals surface area contributed by atoms with E-state index in [4.69, 9.17) is 17.2 Å². The number of anilines is 2. The van der Waals surface area contributed by atoms with Crippen LogP contribution >= 0.6 is 0 Å². The largest absolute Gasteiger partial charge is 0.384 e. The number of nitrogens with two attached hydrogens (primary N) is 3. The molecule has 0 amide bonds. The molecule has 0 aliphatic carbocycles. The maximum Gasteiger partial charge on any atom is 0.196 e. The zero-order chi connectivity index (χ0) is 13.6. The number of hydrogen-bond acceptors (Lipinski definition) is 7. The Morgan fingerprint density at radius 1 is 1.32 bits per heavy atom. The van der Waals surface area contributed by atoms with Crippen LogP contribution in [-0.2, 0) is 12.7 Å². The van der Waals surface area contributed by atoms with Crippen LogP contribution < -0.4 is 22.5 Å². The molecule has 1 aliphatic rings. The van der Waals surface area contributed by atoms with Gasteiger partial charge in [0.15, 0.2) is 11.6 Å². The number of nitrogens with one attached hydrogen (secondary N) is 1. The van der Waals surface area contributed by atoms with Gasteiger partial charge in [-0.1, -0.05) is 0 Å². The van der Waals surface area contributed by atoms with Gasteiger partial charge in [0, 0.05) is 18.8 Å². The molecule has 7 N–H and O–H groups in total. The van der Waals surface area contributed by atoms with Crippen molar-refractivity contribution in [3.05, 3.63) is 35.9 Å². The van der Waals surface area contributed by atoms with Crippen molar-refractivity contribution < 1.29 is 0 Å². The number of fused-ring (bicyclic) bond motifs is 1. The minimum atomic E-state index is -1.16. The fourth-order valence-electron chi connectivity index (χ4n) is 2.08. The van der Waals surface area contributed by atoms with E-state index in [1.807, 2.05) is 7.05 Å². The minimum absolute atomic E-state index is 0.179. The van der Waals surface area contributed by atoms with Gasteiger partial charge in [0.2, 0.25) is 0 Å². The van der Waals surface area contributed by atoms with Crippen molar-refractivity contribution in [2.24, 2.45) is 23.5 Å². The highest BCUT2D eigenvalue weighted by Gasteiger charge is 2.38. The molecular weight excluding hydrogens is 244 g/mol. The normalized spacial score (nSPS) is 21.5. The average Bonchev–Trinajstić information content (AvgIpc) is 2.75. The van der Waals surface area contributed by atoms with Gasteiger partial charge in [-0.3, -0.25) is 5.73 Å². The maximum atomic E-state index is 6.38. The first kappa shape index (κ1) is 11.5. The molecule has 0 saturated heterocycles. The van der Waals surface area contributed by atoms with Gasteiger partial charge in [0.1, 0.15) is 17.3 Å². The van der Waals surface area contributed by atoms with Crippen LogP contribution in [0.25, 0.3) is 0 Å². The van der Waals surface area contributed by atoms with Crippen LogP contribution in [0, 0.1) is 0 Å². The van der Waals surface area contributed by atoms with E-state index in [9.17, 15) is 0 Å². The third-order valence-corrected chi connectivity index (χ3v) is 2.97. The molecular formula is C11H14N8. The second-order valence-corrected chi connectivity index (χ2v) is 4.45. The first-order chi connectivity index (χ1) is 8.99. The molecule has 1 aliphatic heterocycles.